The number of carbonyl (C=O) groups excluding carboxylic acids is 1. The number of H-pyrrole nitrogens is 1. The van der Waals surface area contributed by atoms with Gasteiger partial charge in [-0.25, -0.2) is 4.39 Å². The number of ether oxygens (including phenoxy) is 1. The van der Waals surface area contributed by atoms with E-state index in [9.17, 15) is 19.1 Å². The first-order valence-electron chi connectivity index (χ1n) is 14.6. The molecule has 0 aromatic carbocycles. The number of amides is 1. The molecule has 4 unspecified atom stereocenters. The smallest absolute Gasteiger partial charge is 0.265 e. The molecule has 1 aliphatic carbocycles. The van der Waals surface area contributed by atoms with Crippen LogP contribution in [0.25, 0.3) is 0 Å². The molecule has 4 atom stereocenters. The maximum Gasteiger partial charge on any atom is 0.265 e. The van der Waals surface area contributed by atoms with Crippen LogP contribution in [0.15, 0.2) is 33.8 Å². The van der Waals surface area contributed by atoms with Crippen molar-refractivity contribution in [2.24, 2.45) is 22.7 Å². The predicted molar refractivity (Wildman–Crippen MR) is 155 cm³/mol. The Morgan fingerprint density at radius 2 is 2.02 bits per heavy atom. The van der Waals surface area contributed by atoms with Crippen molar-refractivity contribution < 1.29 is 19.0 Å². The number of nitrogens with zero attached hydrogens (tertiary/aromatic N) is 3. The number of aromatic nitrogens is 1. The molecule has 1 fully saturated rings. The lowest BCUT2D eigenvalue weighted by Gasteiger charge is -2.36. The molecule has 40 heavy (non-hydrogen) atoms. The van der Waals surface area contributed by atoms with Crippen LogP contribution < -0.4 is 10.9 Å². The van der Waals surface area contributed by atoms with Crippen LogP contribution in [0.3, 0.4) is 0 Å². The maximum absolute atomic E-state index is 13.8. The van der Waals surface area contributed by atoms with Crippen molar-refractivity contribution >= 4 is 17.8 Å². The minimum Gasteiger partial charge on any atom is -0.505 e. The Kier molecular flexibility index (Phi) is 10.3. The zero-order chi connectivity index (χ0) is 28.8. The van der Waals surface area contributed by atoms with Gasteiger partial charge in [-0.1, -0.05) is 19.9 Å². The number of rotatable bonds is 10. The molecule has 1 saturated heterocycles. The van der Waals surface area contributed by atoms with Crippen LogP contribution in [0.1, 0.15) is 69.1 Å². The number of pyridine rings is 1. The van der Waals surface area contributed by atoms with Gasteiger partial charge in [-0.15, -0.1) is 0 Å². The van der Waals surface area contributed by atoms with E-state index in [-0.39, 0.29) is 34.8 Å². The van der Waals surface area contributed by atoms with E-state index in [1.165, 1.54) is 6.08 Å². The topological polar surface area (TPSA) is 110 Å². The van der Waals surface area contributed by atoms with E-state index in [0.29, 0.717) is 44.3 Å². The van der Waals surface area contributed by atoms with Gasteiger partial charge in [0.25, 0.3) is 11.5 Å². The van der Waals surface area contributed by atoms with Crippen LogP contribution in [0.4, 0.5) is 10.1 Å². The molecule has 0 radical (unpaired) electrons. The monoisotopic (exact) mass is 557 g/mol. The highest BCUT2D eigenvalue weighted by Crippen LogP contribution is 2.44. The van der Waals surface area contributed by atoms with Crippen molar-refractivity contribution in [1.82, 2.24) is 20.1 Å². The number of halogens is 1. The highest BCUT2D eigenvalue weighted by molar-refractivity contribution is 5.98. The number of nitrogens with one attached hydrogen (secondary N) is 2. The number of allylic oxidation sites excluding steroid dienone is 4. The third-order valence-corrected chi connectivity index (χ3v) is 8.30. The van der Waals surface area contributed by atoms with E-state index < -0.39 is 23.3 Å². The van der Waals surface area contributed by atoms with Crippen molar-refractivity contribution in [3.63, 3.8) is 0 Å². The van der Waals surface area contributed by atoms with Crippen molar-refractivity contribution in [1.29, 1.82) is 0 Å². The summed E-state index contributed by atoms with van der Waals surface area (Å²) in [5, 5.41) is 13.8. The Bertz CT molecular complexity index is 1190. The summed E-state index contributed by atoms with van der Waals surface area (Å²) in [6.45, 7) is 13.8. The second-order valence-corrected chi connectivity index (χ2v) is 11.5. The van der Waals surface area contributed by atoms with Crippen LogP contribution >= 0.6 is 0 Å². The van der Waals surface area contributed by atoms with Gasteiger partial charge in [-0.3, -0.25) is 24.4 Å². The molecule has 0 saturated carbocycles. The lowest BCUT2D eigenvalue weighted by molar-refractivity contribution is 0.0206. The number of hydrogen-bond acceptors (Lipinski definition) is 7. The minimum absolute atomic E-state index is 0.0916. The summed E-state index contributed by atoms with van der Waals surface area (Å²) in [4.78, 5) is 38.1. The highest BCUT2D eigenvalue weighted by atomic mass is 19.1. The standard InChI is InChI=1S/C30H44FN5O4/c1-5-16-40-28-22(17-21-7-9-23(31)8-6-20(21)4)18-33-25-26(28)34-30(39)24(27(25)37)29(38)32-10-11-35-12-14-36(15-13-35)19(2)3/h7-9,18-22,28H,5-6,10-17H2,1-4H3,(H,32,38)(H2,34,37,39). The number of piperazine rings is 1. The molecular weight excluding hydrogens is 513 g/mol. The van der Waals surface area contributed by atoms with E-state index in [4.69, 9.17) is 4.74 Å². The van der Waals surface area contributed by atoms with Crippen molar-refractivity contribution in [2.45, 2.75) is 59.1 Å². The summed E-state index contributed by atoms with van der Waals surface area (Å²) in [5.41, 5.74) is -0.481. The van der Waals surface area contributed by atoms with Gasteiger partial charge in [0.2, 0.25) is 0 Å². The number of aliphatic imine (C=N–C) groups is 1. The first kappa shape index (κ1) is 30.1. The zero-order valence-electron chi connectivity index (χ0n) is 24.2. The lowest BCUT2D eigenvalue weighted by atomic mass is 9.81. The van der Waals surface area contributed by atoms with E-state index in [1.807, 2.05) is 13.0 Å². The van der Waals surface area contributed by atoms with E-state index in [2.05, 4.69) is 45.9 Å². The summed E-state index contributed by atoms with van der Waals surface area (Å²) < 4.78 is 20.0. The molecule has 3 heterocycles. The lowest BCUT2D eigenvalue weighted by Crippen LogP contribution is -2.50. The largest absolute Gasteiger partial charge is 0.505 e. The predicted octanol–water partition coefficient (Wildman–Crippen LogP) is 4.09. The van der Waals surface area contributed by atoms with Gasteiger partial charge in [0.1, 0.15) is 23.2 Å². The van der Waals surface area contributed by atoms with Gasteiger partial charge in [-0.2, -0.15) is 0 Å². The number of aromatic hydroxyl groups is 1. The molecule has 2 aliphatic heterocycles. The fraction of sp³-hybridized carbons (Fsp3) is 0.633. The fourth-order valence-electron chi connectivity index (χ4n) is 5.73. The first-order chi connectivity index (χ1) is 19.2. The average Bonchev–Trinajstić information content (AvgIpc) is 3.08. The quantitative estimate of drug-likeness (QED) is 0.400. The average molecular weight is 558 g/mol. The number of aromatic amines is 1. The van der Waals surface area contributed by atoms with Gasteiger partial charge in [0, 0.05) is 64.0 Å². The van der Waals surface area contributed by atoms with Crippen LogP contribution in [0, 0.1) is 17.8 Å². The third-order valence-electron chi connectivity index (χ3n) is 8.30. The first-order valence-corrected chi connectivity index (χ1v) is 14.6. The maximum atomic E-state index is 13.8. The molecule has 220 valence electrons. The van der Waals surface area contributed by atoms with Crippen molar-refractivity contribution in [3.05, 3.63) is 45.7 Å². The third kappa shape index (κ3) is 7.08. The van der Waals surface area contributed by atoms with Crippen molar-refractivity contribution in [2.75, 3.05) is 45.9 Å². The Morgan fingerprint density at radius 3 is 2.73 bits per heavy atom. The minimum atomic E-state index is -0.672. The van der Waals surface area contributed by atoms with Crippen LogP contribution in [-0.4, -0.2) is 83.9 Å². The number of fused-ring (bicyclic) bond motifs is 1. The Balaban J connectivity index is 1.47. The fourth-order valence-corrected chi connectivity index (χ4v) is 5.73. The van der Waals surface area contributed by atoms with E-state index in [0.717, 1.165) is 32.6 Å². The number of hydrogen-bond donors (Lipinski definition) is 3. The van der Waals surface area contributed by atoms with Gasteiger partial charge in [0.15, 0.2) is 5.75 Å². The summed E-state index contributed by atoms with van der Waals surface area (Å²) in [6.07, 6.45) is 8.24. The molecule has 3 N–H and O–H groups in total. The molecule has 3 aliphatic rings. The molecule has 1 aromatic rings. The normalized spacial score (nSPS) is 25.5. The van der Waals surface area contributed by atoms with E-state index >= 15 is 0 Å². The molecule has 1 amide bonds. The SMILES string of the molecule is CCCOC1c2[nH]c(=O)c(C(=O)NCCN3CCN(C(C)C)CC3)c(O)c2N=CC1CC1C=CC(F)=CCC1C. The molecule has 4 rings (SSSR count). The number of carbonyl (C=O) groups is 1. The Hall–Kier alpha value is -2.82. The summed E-state index contributed by atoms with van der Waals surface area (Å²) in [7, 11) is 0. The van der Waals surface area contributed by atoms with Crippen LogP contribution in [-0.2, 0) is 4.74 Å². The summed E-state index contributed by atoms with van der Waals surface area (Å²) in [6, 6.07) is 0.518. The van der Waals surface area contributed by atoms with Crippen LogP contribution in [0.2, 0.25) is 0 Å². The van der Waals surface area contributed by atoms with E-state index in [1.54, 1.807) is 12.3 Å². The van der Waals surface area contributed by atoms with Crippen molar-refractivity contribution in [3.8, 4) is 5.75 Å². The van der Waals surface area contributed by atoms with Crippen LogP contribution in [0.5, 0.6) is 5.75 Å². The molecule has 10 heteroatoms. The zero-order valence-corrected chi connectivity index (χ0v) is 24.2. The molecule has 0 spiro atoms. The summed E-state index contributed by atoms with van der Waals surface area (Å²) >= 11 is 0. The second kappa shape index (κ2) is 13.7. The highest BCUT2D eigenvalue weighted by Gasteiger charge is 2.35. The molecule has 1 aromatic heterocycles. The molecule has 0 bridgehead atoms. The van der Waals surface area contributed by atoms with Gasteiger partial charge < -0.3 is 20.1 Å². The second-order valence-electron chi connectivity index (χ2n) is 11.5. The molecular formula is C30H44FN5O4. The molecule has 9 nitrogen and oxygen atoms in total. The Morgan fingerprint density at radius 1 is 1.27 bits per heavy atom. The Labute approximate surface area is 236 Å². The summed E-state index contributed by atoms with van der Waals surface area (Å²) in [5.74, 6) is -1.17. The van der Waals surface area contributed by atoms with Gasteiger partial charge in [0.05, 0.1) is 5.69 Å². The van der Waals surface area contributed by atoms with Gasteiger partial charge >= 0.3 is 0 Å². The van der Waals surface area contributed by atoms with Gasteiger partial charge in [-0.05, 0) is 57.1 Å².